The summed E-state index contributed by atoms with van der Waals surface area (Å²) in [6.07, 6.45) is 5.54. The van der Waals surface area contributed by atoms with E-state index in [-0.39, 0.29) is 36.8 Å². The standard InChI is InChI=1S/C38H53FN4O6/c1-27(41(5)36(46)49-38(2,3)4)34(44)40-33(30-15-10-7-11-16-30)35(45)43-23-12-17-32(43)25-42(24-22-28-18-20-31(39)21-19-28)37(47)48-26-29-13-8-6-9-14-29/h6,8-9,13-14,18-21,27,30,32-33H,7,10-12,15-17,22-26H2,1-5H3,(H,40,44)/t27-,32-,33-/m0/s1. The first-order valence-electron chi connectivity index (χ1n) is 17.6. The van der Waals surface area contributed by atoms with Crippen LogP contribution in [-0.2, 0) is 32.1 Å². The van der Waals surface area contributed by atoms with E-state index in [4.69, 9.17) is 9.47 Å². The summed E-state index contributed by atoms with van der Waals surface area (Å²) in [5, 5.41) is 3.03. The average molecular weight is 681 g/mol. The molecule has 4 rings (SSSR count). The number of likely N-dealkylation sites (N-methyl/N-ethyl adjacent to an activating group) is 1. The van der Waals surface area contributed by atoms with Crippen molar-refractivity contribution in [2.45, 2.75) is 109 Å². The van der Waals surface area contributed by atoms with Crippen molar-refractivity contribution in [3.8, 4) is 0 Å². The minimum absolute atomic E-state index is 0.0316. The Morgan fingerprint density at radius 1 is 0.918 bits per heavy atom. The molecule has 2 aliphatic rings. The largest absolute Gasteiger partial charge is 0.445 e. The average Bonchev–Trinajstić information content (AvgIpc) is 3.55. The van der Waals surface area contributed by atoms with E-state index in [0.29, 0.717) is 25.9 Å². The number of carbonyl (C=O) groups is 4. The summed E-state index contributed by atoms with van der Waals surface area (Å²) in [4.78, 5) is 58.9. The summed E-state index contributed by atoms with van der Waals surface area (Å²) in [5.74, 6) is -0.936. The number of halogens is 1. The molecule has 0 radical (unpaired) electrons. The molecule has 0 unspecified atom stereocenters. The third kappa shape index (κ3) is 11.2. The number of amides is 4. The molecule has 0 bridgehead atoms. The number of rotatable bonds is 12. The van der Waals surface area contributed by atoms with Gasteiger partial charge in [0.1, 0.15) is 30.1 Å². The highest BCUT2D eigenvalue weighted by molar-refractivity contribution is 5.91. The highest BCUT2D eigenvalue weighted by Crippen LogP contribution is 2.30. The van der Waals surface area contributed by atoms with Gasteiger partial charge in [0.05, 0.1) is 0 Å². The maximum atomic E-state index is 14.4. The molecule has 10 nitrogen and oxygen atoms in total. The first-order valence-corrected chi connectivity index (χ1v) is 17.6. The molecular formula is C38H53FN4O6. The predicted octanol–water partition coefficient (Wildman–Crippen LogP) is 6.32. The topological polar surface area (TPSA) is 108 Å². The molecule has 0 spiro atoms. The molecule has 1 heterocycles. The fourth-order valence-electron chi connectivity index (χ4n) is 6.52. The van der Waals surface area contributed by atoms with Gasteiger partial charge in [0.15, 0.2) is 0 Å². The monoisotopic (exact) mass is 680 g/mol. The number of likely N-dealkylation sites (tertiary alicyclic amines) is 1. The number of hydrogen-bond donors (Lipinski definition) is 1. The number of benzene rings is 2. The third-order valence-corrected chi connectivity index (χ3v) is 9.47. The molecule has 1 aliphatic heterocycles. The number of nitrogens with one attached hydrogen (secondary N) is 1. The molecule has 2 fully saturated rings. The lowest BCUT2D eigenvalue weighted by Gasteiger charge is -2.37. The summed E-state index contributed by atoms with van der Waals surface area (Å²) in [5.41, 5.74) is 1.03. The van der Waals surface area contributed by atoms with Gasteiger partial charge in [-0.1, -0.05) is 61.7 Å². The van der Waals surface area contributed by atoms with Crippen LogP contribution in [0.5, 0.6) is 0 Å². The zero-order valence-electron chi connectivity index (χ0n) is 29.7. The molecule has 1 aliphatic carbocycles. The van der Waals surface area contributed by atoms with Crippen LogP contribution < -0.4 is 5.32 Å². The summed E-state index contributed by atoms with van der Waals surface area (Å²) >= 11 is 0. The van der Waals surface area contributed by atoms with Crippen LogP contribution in [0.25, 0.3) is 0 Å². The number of carbonyl (C=O) groups excluding carboxylic acids is 4. The number of nitrogens with zero attached hydrogens (tertiary/aromatic N) is 3. The molecule has 0 aromatic heterocycles. The van der Waals surface area contributed by atoms with Gasteiger partial charge in [-0.05, 0) is 89.0 Å². The molecule has 2 aromatic rings. The molecule has 49 heavy (non-hydrogen) atoms. The van der Waals surface area contributed by atoms with Crippen LogP contribution >= 0.6 is 0 Å². The van der Waals surface area contributed by atoms with Gasteiger partial charge in [0, 0.05) is 32.7 Å². The highest BCUT2D eigenvalue weighted by atomic mass is 19.1. The van der Waals surface area contributed by atoms with Gasteiger partial charge < -0.3 is 24.6 Å². The van der Waals surface area contributed by atoms with Crippen molar-refractivity contribution in [3.63, 3.8) is 0 Å². The summed E-state index contributed by atoms with van der Waals surface area (Å²) in [7, 11) is 1.52. The van der Waals surface area contributed by atoms with E-state index < -0.39 is 35.8 Å². The molecule has 1 N–H and O–H groups in total. The van der Waals surface area contributed by atoms with Crippen molar-refractivity contribution in [2.75, 3.05) is 26.7 Å². The molecule has 11 heteroatoms. The van der Waals surface area contributed by atoms with E-state index in [2.05, 4.69) is 5.32 Å². The van der Waals surface area contributed by atoms with Gasteiger partial charge in [0.25, 0.3) is 0 Å². The summed E-state index contributed by atoms with van der Waals surface area (Å²) in [6, 6.07) is 13.8. The van der Waals surface area contributed by atoms with Gasteiger partial charge >= 0.3 is 12.2 Å². The van der Waals surface area contributed by atoms with E-state index in [1.165, 1.54) is 24.1 Å². The second-order valence-electron chi connectivity index (χ2n) is 14.3. The Hall–Kier alpha value is -4.15. The quantitative estimate of drug-likeness (QED) is 0.281. The van der Waals surface area contributed by atoms with Crippen LogP contribution in [0.1, 0.15) is 83.8 Å². The van der Waals surface area contributed by atoms with Crippen LogP contribution in [0, 0.1) is 11.7 Å². The zero-order chi connectivity index (χ0) is 35.6. The van der Waals surface area contributed by atoms with Crippen LogP contribution in [0.15, 0.2) is 54.6 Å². The Morgan fingerprint density at radius 2 is 1.59 bits per heavy atom. The van der Waals surface area contributed by atoms with Crippen molar-refractivity contribution in [1.82, 2.24) is 20.0 Å². The maximum Gasteiger partial charge on any atom is 0.410 e. The smallest absolute Gasteiger partial charge is 0.410 e. The first kappa shape index (κ1) is 37.7. The van der Waals surface area contributed by atoms with Crippen molar-refractivity contribution >= 4 is 24.0 Å². The van der Waals surface area contributed by atoms with E-state index in [1.807, 2.05) is 35.2 Å². The lowest BCUT2D eigenvalue weighted by molar-refractivity contribution is -0.140. The van der Waals surface area contributed by atoms with Gasteiger partial charge in [0.2, 0.25) is 11.8 Å². The summed E-state index contributed by atoms with van der Waals surface area (Å²) < 4.78 is 24.7. The Bertz CT molecular complexity index is 1390. The Kier molecular flexibility index (Phi) is 13.4. The predicted molar refractivity (Wildman–Crippen MR) is 185 cm³/mol. The first-order chi connectivity index (χ1) is 23.3. The van der Waals surface area contributed by atoms with Gasteiger partial charge in [-0.3, -0.25) is 14.5 Å². The normalized spacial score (nSPS) is 17.9. The molecule has 1 saturated heterocycles. The van der Waals surface area contributed by atoms with Gasteiger partial charge in [-0.25, -0.2) is 14.0 Å². The van der Waals surface area contributed by atoms with Crippen LogP contribution in [0.4, 0.5) is 14.0 Å². The second kappa shape index (κ2) is 17.5. The van der Waals surface area contributed by atoms with E-state index in [0.717, 1.165) is 49.7 Å². The van der Waals surface area contributed by atoms with E-state index >= 15 is 0 Å². The minimum Gasteiger partial charge on any atom is -0.445 e. The molecule has 1 saturated carbocycles. The highest BCUT2D eigenvalue weighted by Gasteiger charge is 2.40. The van der Waals surface area contributed by atoms with Crippen LogP contribution in [0.3, 0.4) is 0 Å². The van der Waals surface area contributed by atoms with Crippen molar-refractivity contribution in [1.29, 1.82) is 0 Å². The Labute approximate surface area is 290 Å². The fraction of sp³-hybridized carbons (Fsp3) is 0.579. The van der Waals surface area contributed by atoms with E-state index in [1.54, 1.807) is 44.7 Å². The SMILES string of the molecule is C[C@@H](C(=O)N[C@H](C(=O)N1CCC[C@H]1CN(CCc1ccc(F)cc1)C(=O)OCc1ccccc1)C1CCCCC1)N(C)C(=O)OC(C)(C)C. The van der Waals surface area contributed by atoms with Crippen LogP contribution in [-0.4, -0.2) is 89.1 Å². The van der Waals surface area contributed by atoms with Crippen molar-refractivity contribution < 1.29 is 33.0 Å². The fourth-order valence-corrected chi connectivity index (χ4v) is 6.52. The molecule has 268 valence electrons. The molecule has 4 amide bonds. The van der Waals surface area contributed by atoms with Crippen molar-refractivity contribution in [3.05, 3.63) is 71.5 Å². The third-order valence-electron chi connectivity index (χ3n) is 9.47. The molecular weight excluding hydrogens is 627 g/mol. The van der Waals surface area contributed by atoms with Gasteiger partial charge in [-0.2, -0.15) is 0 Å². The Balaban J connectivity index is 1.49. The zero-order valence-corrected chi connectivity index (χ0v) is 29.7. The lowest BCUT2D eigenvalue weighted by Crippen LogP contribution is -2.58. The lowest BCUT2D eigenvalue weighted by atomic mass is 9.83. The summed E-state index contributed by atoms with van der Waals surface area (Å²) in [6.45, 7) is 8.15. The molecule has 2 aromatic carbocycles. The maximum absolute atomic E-state index is 14.4. The van der Waals surface area contributed by atoms with E-state index in [9.17, 15) is 23.6 Å². The molecule has 3 atom stereocenters. The minimum atomic E-state index is -0.857. The van der Waals surface area contributed by atoms with Crippen LogP contribution in [0.2, 0.25) is 0 Å². The van der Waals surface area contributed by atoms with Gasteiger partial charge in [-0.15, -0.1) is 0 Å². The number of hydrogen-bond acceptors (Lipinski definition) is 6. The Morgan fingerprint density at radius 3 is 2.24 bits per heavy atom. The number of ether oxygens (including phenoxy) is 2. The second-order valence-corrected chi connectivity index (χ2v) is 14.3. The van der Waals surface area contributed by atoms with Crippen molar-refractivity contribution in [2.24, 2.45) is 5.92 Å².